The zero-order valence-corrected chi connectivity index (χ0v) is 9.51. The molecule has 1 saturated heterocycles. The lowest BCUT2D eigenvalue weighted by atomic mass is 9.91. The second-order valence-corrected chi connectivity index (χ2v) is 4.42. The monoisotopic (exact) mass is 239 g/mol. The minimum absolute atomic E-state index is 0.0123. The summed E-state index contributed by atoms with van der Waals surface area (Å²) in [5, 5.41) is 3.14. The van der Waals surface area contributed by atoms with E-state index < -0.39 is 11.6 Å². The quantitative estimate of drug-likeness (QED) is 0.875. The van der Waals surface area contributed by atoms with Crippen molar-refractivity contribution in [2.45, 2.75) is 19.3 Å². The highest BCUT2D eigenvalue weighted by Gasteiger charge is 2.21. The van der Waals surface area contributed by atoms with E-state index in [-0.39, 0.29) is 23.7 Å². The number of benzene rings is 1. The van der Waals surface area contributed by atoms with Gasteiger partial charge in [0.05, 0.1) is 0 Å². The molecule has 1 unspecified atom stereocenters. The standard InChI is InChI=1S/C13H15F2NO/c14-11-3-4-12(15)10(6-11)7-13(17)9-2-1-5-16-8-9/h3-4,6,9,16H,1-2,5,7-8H2. The lowest BCUT2D eigenvalue weighted by molar-refractivity contribution is -0.122. The fourth-order valence-corrected chi connectivity index (χ4v) is 2.14. The second kappa shape index (κ2) is 5.36. The number of hydrogen-bond donors (Lipinski definition) is 1. The van der Waals surface area contributed by atoms with Crippen molar-refractivity contribution in [3.8, 4) is 0 Å². The van der Waals surface area contributed by atoms with Gasteiger partial charge in [0, 0.05) is 18.9 Å². The van der Waals surface area contributed by atoms with Crippen LogP contribution in [0.1, 0.15) is 18.4 Å². The maximum absolute atomic E-state index is 13.4. The molecule has 0 saturated carbocycles. The van der Waals surface area contributed by atoms with Gasteiger partial charge in [-0.15, -0.1) is 0 Å². The highest BCUT2D eigenvalue weighted by molar-refractivity contribution is 5.83. The van der Waals surface area contributed by atoms with E-state index in [9.17, 15) is 13.6 Å². The summed E-state index contributed by atoms with van der Waals surface area (Å²) in [4.78, 5) is 11.9. The van der Waals surface area contributed by atoms with Crippen LogP contribution in [0.15, 0.2) is 18.2 Å². The first-order valence-corrected chi connectivity index (χ1v) is 5.84. The van der Waals surface area contributed by atoms with Gasteiger partial charge < -0.3 is 5.32 Å². The highest BCUT2D eigenvalue weighted by Crippen LogP contribution is 2.16. The summed E-state index contributed by atoms with van der Waals surface area (Å²) in [6.07, 6.45) is 1.78. The van der Waals surface area contributed by atoms with Crippen LogP contribution < -0.4 is 5.32 Å². The highest BCUT2D eigenvalue weighted by atomic mass is 19.1. The van der Waals surface area contributed by atoms with E-state index in [2.05, 4.69) is 5.32 Å². The Morgan fingerprint density at radius 1 is 1.41 bits per heavy atom. The molecular formula is C13H15F2NO. The number of hydrogen-bond acceptors (Lipinski definition) is 2. The summed E-state index contributed by atoms with van der Waals surface area (Å²) in [6, 6.07) is 3.23. The average molecular weight is 239 g/mol. The summed E-state index contributed by atoms with van der Waals surface area (Å²) < 4.78 is 26.3. The predicted molar refractivity (Wildman–Crippen MR) is 60.7 cm³/mol. The van der Waals surface area contributed by atoms with E-state index in [1.165, 1.54) is 0 Å². The molecule has 1 N–H and O–H groups in total. The van der Waals surface area contributed by atoms with E-state index in [0.29, 0.717) is 6.54 Å². The van der Waals surface area contributed by atoms with Crippen molar-refractivity contribution in [1.29, 1.82) is 0 Å². The molecule has 1 aromatic carbocycles. The molecule has 17 heavy (non-hydrogen) atoms. The zero-order chi connectivity index (χ0) is 12.3. The molecule has 0 radical (unpaired) electrons. The van der Waals surface area contributed by atoms with Gasteiger partial charge in [-0.3, -0.25) is 4.79 Å². The van der Waals surface area contributed by atoms with Crippen molar-refractivity contribution in [3.05, 3.63) is 35.4 Å². The topological polar surface area (TPSA) is 29.1 Å². The van der Waals surface area contributed by atoms with E-state index >= 15 is 0 Å². The van der Waals surface area contributed by atoms with E-state index in [1.54, 1.807) is 0 Å². The van der Waals surface area contributed by atoms with Crippen molar-refractivity contribution in [3.63, 3.8) is 0 Å². The first kappa shape index (κ1) is 12.2. The Morgan fingerprint density at radius 3 is 2.94 bits per heavy atom. The lowest BCUT2D eigenvalue weighted by Crippen LogP contribution is -2.35. The first-order chi connectivity index (χ1) is 8.16. The molecule has 1 aliphatic rings. The summed E-state index contributed by atoms with van der Waals surface area (Å²) in [6.45, 7) is 1.58. The number of halogens is 2. The van der Waals surface area contributed by atoms with Gasteiger partial charge in [0.15, 0.2) is 0 Å². The van der Waals surface area contributed by atoms with Gasteiger partial charge in [0.2, 0.25) is 0 Å². The minimum Gasteiger partial charge on any atom is -0.316 e. The molecule has 2 nitrogen and oxygen atoms in total. The Hall–Kier alpha value is -1.29. The van der Waals surface area contributed by atoms with Crippen LogP contribution in [0.5, 0.6) is 0 Å². The molecule has 0 amide bonds. The molecule has 1 heterocycles. The normalized spacial score (nSPS) is 20.2. The Bertz CT molecular complexity index is 414. The van der Waals surface area contributed by atoms with Crippen molar-refractivity contribution in [2.75, 3.05) is 13.1 Å². The molecule has 0 aromatic heterocycles. The van der Waals surface area contributed by atoms with Crippen LogP contribution in [0.3, 0.4) is 0 Å². The SMILES string of the molecule is O=C(Cc1cc(F)ccc1F)C1CCCNC1. The molecule has 0 spiro atoms. The number of piperidine rings is 1. The van der Waals surface area contributed by atoms with Gasteiger partial charge in [-0.2, -0.15) is 0 Å². The molecule has 0 aliphatic carbocycles. The first-order valence-electron chi connectivity index (χ1n) is 5.84. The van der Waals surface area contributed by atoms with Crippen molar-refractivity contribution >= 4 is 5.78 Å². The number of Topliss-reactive ketones (excluding diaryl/α,β-unsaturated/α-hetero) is 1. The molecule has 92 valence electrons. The van der Waals surface area contributed by atoms with E-state index in [1.807, 2.05) is 0 Å². The van der Waals surface area contributed by atoms with Gasteiger partial charge in [-0.25, -0.2) is 8.78 Å². The third kappa shape index (κ3) is 3.09. The van der Waals surface area contributed by atoms with Crippen molar-refractivity contribution in [2.24, 2.45) is 5.92 Å². The Labute approximate surface area is 99.0 Å². The molecule has 0 bridgehead atoms. The molecule has 1 atom stereocenters. The number of nitrogens with one attached hydrogen (secondary N) is 1. The van der Waals surface area contributed by atoms with E-state index in [0.717, 1.165) is 37.6 Å². The predicted octanol–water partition coefficient (Wildman–Crippen LogP) is 2.08. The van der Waals surface area contributed by atoms with Crippen molar-refractivity contribution in [1.82, 2.24) is 5.32 Å². The zero-order valence-electron chi connectivity index (χ0n) is 9.51. The van der Waals surface area contributed by atoms with Crippen LogP contribution in [0.2, 0.25) is 0 Å². The molecule has 1 aromatic rings. The third-order valence-electron chi connectivity index (χ3n) is 3.12. The summed E-state index contributed by atoms with van der Waals surface area (Å²) in [7, 11) is 0. The number of carbonyl (C=O) groups excluding carboxylic acids is 1. The largest absolute Gasteiger partial charge is 0.316 e. The van der Waals surface area contributed by atoms with Crippen LogP contribution >= 0.6 is 0 Å². The fraction of sp³-hybridized carbons (Fsp3) is 0.462. The summed E-state index contributed by atoms with van der Waals surface area (Å²) >= 11 is 0. The van der Waals surface area contributed by atoms with Gasteiger partial charge >= 0.3 is 0 Å². The number of ketones is 1. The summed E-state index contributed by atoms with van der Waals surface area (Å²) in [5.74, 6) is -1.09. The van der Waals surface area contributed by atoms with Gasteiger partial charge in [-0.05, 0) is 43.1 Å². The van der Waals surface area contributed by atoms with Gasteiger partial charge in [0.25, 0.3) is 0 Å². The third-order valence-corrected chi connectivity index (χ3v) is 3.12. The molecule has 2 rings (SSSR count). The van der Waals surface area contributed by atoms with Crippen LogP contribution in [-0.2, 0) is 11.2 Å². The molecular weight excluding hydrogens is 224 g/mol. The van der Waals surface area contributed by atoms with Gasteiger partial charge in [0.1, 0.15) is 17.4 Å². The van der Waals surface area contributed by atoms with Crippen LogP contribution in [0.4, 0.5) is 8.78 Å². The second-order valence-electron chi connectivity index (χ2n) is 4.42. The Morgan fingerprint density at radius 2 is 2.24 bits per heavy atom. The minimum atomic E-state index is -0.511. The maximum atomic E-state index is 13.4. The summed E-state index contributed by atoms with van der Waals surface area (Å²) in [5.41, 5.74) is 0.153. The number of carbonyl (C=O) groups is 1. The maximum Gasteiger partial charge on any atom is 0.141 e. The smallest absolute Gasteiger partial charge is 0.141 e. The fourth-order valence-electron chi connectivity index (χ4n) is 2.14. The Balaban J connectivity index is 2.04. The Kier molecular flexibility index (Phi) is 3.84. The lowest BCUT2D eigenvalue weighted by Gasteiger charge is -2.21. The van der Waals surface area contributed by atoms with Crippen molar-refractivity contribution < 1.29 is 13.6 Å². The van der Waals surface area contributed by atoms with E-state index in [4.69, 9.17) is 0 Å². The van der Waals surface area contributed by atoms with Crippen LogP contribution in [-0.4, -0.2) is 18.9 Å². The molecule has 1 aliphatic heterocycles. The average Bonchev–Trinajstić information content (AvgIpc) is 2.35. The number of rotatable bonds is 3. The van der Waals surface area contributed by atoms with Crippen LogP contribution in [0.25, 0.3) is 0 Å². The van der Waals surface area contributed by atoms with Crippen LogP contribution in [0, 0.1) is 17.6 Å². The molecule has 4 heteroatoms. The van der Waals surface area contributed by atoms with Gasteiger partial charge in [-0.1, -0.05) is 0 Å². The molecule has 1 fully saturated rings.